The largest absolute Gasteiger partial charge is 0.383 e. The van der Waals surface area contributed by atoms with Crippen molar-refractivity contribution in [1.29, 1.82) is 0 Å². The highest BCUT2D eigenvalue weighted by atomic mass is 16.3. The fraction of sp³-hybridized carbons (Fsp3) is 0.348. The van der Waals surface area contributed by atoms with Crippen LogP contribution >= 0.6 is 0 Å². The van der Waals surface area contributed by atoms with Gasteiger partial charge in [-0.2, -0.15) is 0 Å². The van der Waals surface area contributed by atoms with Crippen molar-refractivity contribution in [3.8, 4) is 11.1 Å². The lowest BCUT2D eigenvalue weighted by Gasteiger charge is -2.18. The molecule has 2 aromatic carbocycles. The van der Waals surface area contributed by atoms with Crippen LogP contribution in [0.4, 0.5) is 0 Å². The van der Waals surface area contributed by atoms with Crippen LogP contribution in [-0.4, -0.2) is 14.7 Å². The summed E-state index contributed by atoms with van der Waals surface area (Å²) in [6.45, 7) is 8.73. The third kappa shape index (κ3) is 4.41. The summed E-state index contributed by atoms with van der Waals surface area (Å²) in [5.74, 6) is 1.34. The van der Waals surface area contributed by atoms with Gasteiger partial charge in [-0.3, -0.25) is 0 Å². The van der Waals surface area contributed by atoms with E-state index in [4.69, 9.17) is 0 Å². The number of hydrogen-bond acceptors (Lipinski definition) is 2. The van der Waals surface area contributed by atoms with Gasteiger partial charge in [-0.25, -0.2) is 4.98 Å². The maximum absolute atomic E-state index is 10.2. The third-order valence-electron chi connectivity index (χ3n) is 4.47. The molecule has 0 amide bonds. The maximum atomic E-state index is 10.2. The van der Waals surface area contributed by atoms with Gasteiger partial charge >= 0.3 is 0 Å². The molecule has 136 valence electrons. The topological polar surface area (TPSA) is 38.0 Å². The molecule has 3 nitrogen and oxygen atoms in total. The summed E-state index contributed by atoms with van der Waals surface area (Å²) in [5.41, 5.74) is 4.12. The first-order chi connectivity index (χ1) is 12.3. The normalized spacial score (nSPS) is 11.9. The van der Waals surface area contributed by atoms with E-state index in [0.29, 0.717) is 18.3 Å². The molecule has 0 saturated carbocycles. The van der Waals surface area contributed by atoms with Crippen LogP contribution in [0.3, 0.4) is 0 Å². The Morgan fingerprint density at radius 1 is 1.00 bits per heavy atom. The van der Waals surface area contributed by atoms with E-state index in [0.717, 1.165) is 6.42 Å². The highest BCUT2D eigenvalue weighted by Gasteiger charge is 2.21. The van der Waals surface area contributed by atoms with Crippen LogP contribution in [-0.2, 0) is 18.6 Å². The Morgan fingerprint density at radius 3 is 2.38 bits per heavy atom. The Balaban J connectivity index is 1.78. The average molecular weight is 348 g/mol. The van der Waals surface area contributed by atoms with Crippen LogP contribution in [0.1, 0.15) is 44.6 Å². The molecule has 3 rings (SSSR count). The van der Waals surface area contributed by atoms with E-state index < -0.39 is 5.60 Å². The summed E-state index contributed by atoms with van der Waals surface area (Å²) in [6, 6.07) is 17.4. The lowest BCUT2D eigenvalue weighted by Crippen LogP contribution is -2.22. The lowest BCUT2D eigenvalue weighted by atomic mass is 9.97. The molecule has 0 unspecified atom stereocenters. The summed E-state index contributed by atoms with van der Waals surface area (Å²) in [7, 11) is 0. The predicted molar refractivity (Wildman–Crippen MR) is 107 cm³/mol. The molecule has 0 bridgehead atoms. The van der Waals surface area contributed by atoms with Crippen LogP contribution in [0.5, 0.6) is 0 Å². The molecule has 3 aromatic rings. The Bertz CT molecular complexity index is 854. The Labute approximate surface area is 156 Å². The van der Waals surface area contributed by atoms with Crippen LogP contribution in [0, 0.1) is 5.92 Å². The van der Waals surface area contributed by atoms with E-state index in [1.165, 1.54) is 22.3 Å². The zero-order chi connectivity index (χ0) is 18.7. The lowest BCUT2D eigenvalue weighted by molar-refractivity contribution is 0.0652. The van der Waals surface area contributed by atoms with Crippen LogP contribution in [0.2, 0.25) is 0 Å². The van der Waals surface area contributed by atoms with Crippen LogP contribution in [0.15, 0.2) is 60.9 Å². The molecule has 0 radical (unpaired) electrons. The molecule has 1 heterocycles. The molecule has 0 fully saturated rings. The number of hydrogen-bond donors (Lipinski definition) is 1. The third-order valence-corrected chi connectivity index (χ3v) is 4.47. The van der Waals surface area contributed by atoms with Crippen molar-refractivity contribution in [2.45, 2.75) is 46.3 Å². The first-order valence-electron chi connectivity index (χ1n) is 9.25. The summed E-state index contributed by atoms with van der Waals surface area (Å²) in [4.78, 5) is 4.29. The molecule has 3 heteroatoms. The van der Waals surface area contributed by atoms with E-state index in [9.17, 15) is 5.11 Å². The van der Waals surface area contributed by atoms with Gasteiger partial charge in [0.15, 0.2) is 0 Å². The van der Waals surface area contributed by atoms with E-state index in [-0.39, 0.29) is 0 Å². The quantitative estimate of drug-likeness (QED) is 0.679. The monoisotopic (exact) mass is 348 g/mol. The van der Waals surface area contributed by atoms with E-state index in [1.807, 2.05) is 10.8 Å². The molecule has 0 aliphatic heterocycles. The Morgan fingerprint density at radius 2 is 1.73 bits per heavy atom. The second-order valence-corrected chi connectivity index (χ2v) is 7.93. The minimum atomic E-state index is -0.944. The van der Waals surface area contributed by atoms with Gasteiger partial charge in [0.1, 0.15) is 11.4 Å². The summed E-state index contributed by atoms with van der Waals surface area (Å²) >= 11 is 0. The smallest absolute Gasteiger partial charge is 0.140 e. The fourth-order valence-electron chi connectivity index (χ4n) is 3.31. The van der Waals surface area contributed by atoms with Gasteiger partial charge in [0.2, 0.25) is 0 Å². The maximum Gasteiger partial charge on any atom is 0.140 e. The fourth-order valence-corrected chi connectivity index (χ4v) is 3.31. The van der Waals surface area contributed by atoms with Gasteiger partial charge in [-0.15, -0.1) is 0 Å². The van der Waals surface area contributed by atoms with Crippen molar-refractivity contribution < 1.29 is 5.11 Å². The van der Waals surface area contributed by atoms with Crippen LogP contribution in [0.25, 0.3) is 11.1 Å². The second-order valence-electron chi connectivity index (χ2n) is 7.93. The van der Waals surface area contributed by atoms with Crippen molar-refractivity contribution in [3.05, 3.63) is 77.9 Å². The second kappa shape index (κ2) is 7.46. The van der Waals surface area contributed by atoms with Gasteiger partial charge in [-0.1, -0.05) is 62.4 Å². The molecule has 0 atom stereocenters. The number of aromatic nitrogens is 2. The van der Waals surface area contributed by atoms with Crippen molar-refractivity contribution in [3.63, 3.8) is 0 Å². The highest BCUT2D eigenvalue weighted by molar-refractivity contribution is 5.64. The minimum Gasteiger partial charge on any atom is -0.383 e. The molecule has 26 heavy (non-hydrogen) atoms. The van der Waals surface area contributed by atoms with E-state index in [2.05, 4.69) is 67.4 Å². The molecule has 0 saturated heterocycles. The highest BCUT2D eigenvalue weighted by Crippen LogP contribution is 2.23. The van der Waals surface area contributed by atoms with Crippen molar-refractivity contribution >= 4 is 0 Å². The molecule has 0 aliphatic carbocycles. The zero-order valence-electron chi connectivity index (χ0n) is 16.1. The summed E-state index contributed by atoms with van der Waals surface area (Å²) < 4.78 is 2.00. The molecule has 1 N–H and O–H groups in total. The number of nitrogens with zero attached hydrogens (tertiary/aromatic N) is 2. The number of imidazole rings is 1. The SMILES string of the molecule is CC(C)Cc1cccc(-c2ccc(Cn3ccnc3C(C)(C)O)cc2)c1. The van der Waals surface area contributed by atoms with Gasteiger partial charge in [-0.05, 0) is 48.4 Å². The Hall–Kier alpha value is -2.39. The molecular weight excluding hydrogens is 320 g/mol. The number of rotatable bonds is 6. The zero-order valence-corrected chi connectivity index (χ0v) is 16.1. The molecule has 0 spiro atoms. The molecule has 1 aromatic heterocycles. The predicted octanol–water partition coefficient (Wildman–Crippen LogP) is 5.02. The first-order valence-corrected chi connectivity index (χ1v) is 9.25. The van der Waals surface area contributed by atoms with E-state index in [1.54, 1.807) is 20.0 Å². The van der Waals surface area contributed by atoms with Gasteiger partial charge in [0, 0.05) is 18.9 Å². The number of benzene rings is 2. The van der Waals surface area contributed by atoms with Gasteiger partial charge in [0.25, 0.3) is 0 Å². The van der Waals surface area contributed by atoms with Gasteiger partial charge in [0.05, 0.1) is 0 Å². The Kier molecular flexibility index (Phi) is 5.28. The van der Waals surface area contributed by atoms with Crippen LogP contribution < -0.4 is 0 Å². The average Bonchev–Trinajstić information content (AvgIpc) is 3.04. The number of aliphatic hydroxyl groups is 1. The summed E-state index contributed by atoms with van der Waals surface area (Å²) in [6.07, 6.45) is 4.75. The molecule has 0 aliphatic rings. The van der Waals surface area contributed by atoms with Crippen molar-refractivity contribution in [2.24, 2.45) is 5.92 Å². The van der Waals surface area contributed by atoms with Crippen molar-refractivity contribution in [2.75, 3.05) is 0 Å². The van der Waals surface area contributed by atoms with E-state index >= 15 is 0 Å². The summed E-state index contributed by atoms with van der Waals surface area (Å²) in [5, 5.41) is 10.2. The minimum absolute atomic E-state index is 0.660. The first kappa shape index (κ1) is 18.4. The van der Waals surface area contributed by atoms with Crippen molar-refractivity contribution in [1.82, 2.24) is 9.55 Å². The molecular formula is C23H28N2O. The standard InChI is InChI=1S/C23H28N2O/c1-17(2)14-19-6-5-7-21(15-19)20-10-8-18(9-11-20)16-25-13-12-24-22(25)23(3,4)26/h5-13,15,17,26H,14,16H2,1-4H3. The van der Waals surface area contributed by atoms with Gasteiger partial charge < -0.3 is 9.67 Å².